The Balaban J connectivity index is 1.42. The molecule has 7 nitrogen and oxygen atoms in total. The van der Waals surface area contributed by atoms with Crippen molar-refractivity contribution in [3.8, 4) is 11.5 Å². The molecule has 5 rings (SSSR count). The lowest BCUT2D eigenvalue weighted by atomic mass is 10.0. The number of hydrogen-bond donors (Lipinski definition) is 1. The Morgan fingerprint density at radius 2 is 1.94 bits per heavy atom. The number of aromatic nitrogens is 1. The van der Waals surface area contributed by atoms with Gasteiger partial charge in [0.2, 0.25) is 5.91 Å². The fourth-order valence-electron chi connectivity index (χ4n) is 4.62. The van der Waals surface area contributed by atoms with Crippen LogP contribution >= 0.6 is 11.6 Å². The lowest BCUT2D eigenvalue weighted by Crippen LogP contribution is -2.44. The van der Waals surface area contributed by atoms with Crippen LogP contribution < -0.4 is 14.4 Å². The van der Waals surface area contributed by atoms with Crippen molar-refractivity contribution in [3.05, 3.63) is 52.7 Å². The van der Waals surface area contributed by atoms with Gasteiger partial charge in [-0.05, 0) is 42.3 Å². The Hall–Kier alpha value is -3.03. The predicted molar refractivity (Wildman–Crippen MR) is 118 cm³/mol. The number of amides is 2. The highest BCUT2D eigenvalue weighted by Crippen LogP contribution is 2.37. The second-order valence-corrected chi connectivity index (χ2v) is 8.25. The van der Waals surface area contributed by atoms with Crippen LogP contribution in [0.3, 0.4) is 0 Å². The zero-order valence-electron chi connectivity index (χ0n) is 17.3. The van der Waals surface area contributed by atoms with Crippen LogP contribution in [0.1, 0.15) is 17.7 Å². The van der Waals surface area contributed by atoms with Gasteiger partial charge in [-0.1, -0.05) is 11.6 Å². The van der Waals surface area contributed by atoms with Crippen LogP contribution in [-0.4, -0.2) is 48.5 Å². The van der Waals surface area contributed by atoms with Gasteiger partial charge in [0, 0.05) is 40.8 Å². The SMILES string of the molecule is COc1ccc(N2C(=O)C[C@@H](N3CCc4c([nH]c5ccc(Cl)cc45)C3)C2=O)c(OC)c1. The van der Waals surface area contributed by atoms with Crippen molar-refractivity contribution in [1.29, 1.82) is 0 Å². The van der Waals surface area contributed by atoms with Gasteiger partial charge in [0.1, 0.15) is 11.5 Å². The summed E-state index contributed by atoms with van der Waals surface area (Å²) < 4.78 is 10.6. The molecule has 0 radical (unpaired) electrons. The van der Waals surface area contributed by atoms with Gasteiger partial charge >= 0.3 is 0 Å². The van der Waals surface area contributed by atoms with Crippen molar-refractivity contribution in [2.24, 2.45) is 0 Å². The normalized spacial score (nSPS) is 19.2. The van der Waals surface area contributed by atoms with E-state index in [1.807, 2.05) is 18.2 Å². The van der Waals surface area contributed by atoms with Gasteiger partial charge < -0.3 is 14.5 Å². The van der Waals surface area contributed by atoms with Gasteiger partial charge in [0.25, 0.3) is 5.91 Å². The Kier molecular flexibility index (Phi) is 4.87. The molecule has 0 saturated carbocycles. The average Bonchev–Trinajstić information content (AvgIpc) is 3.28. The summed E-state index contributed by atoms with van der Waals surface area (Å²) in [5, 5.41) is 1.83. The minimum atomic E-state index is -0.498. The Morgan fingerprint density at radius 3 is 2.71 bits per heavy atom. The summed E-state index contributed by atoms with van der Waals surface area (Å²) in [7, 11) is 3.06. The van der Waals surface area contributed by atoms with E-state index in [0.29, 0.717) is 35.3 Å². The van der Waals surface area contributed by atoms with Crippen molar-refractivity contribution >= 4 is 40.0 Å². The number of aromatic amines is 1. The molecule has 0 unspecified atom stereocenters. The summed E-state index contributed by atoms with van der Waals surface area (Å²) in [4.78, 5) is 32.9. The number of H-pyrrole nitrogens is 1. The van der Waals surface area contributed by atoms with E-state index < -0.39 is 6.04 Å². The minimum Gasteiger partial charge on any atom is -0.497 e. The Morgan fingerprint density at radius 1 is 1.10 bits per heavy atom. The molecule has 3 heterocycles. The third-order valence-electron chi connectivity index (χ3n) is 6.16. The molecule has 0 spiro atoms. The van der Waals surface area contributed by atoms with Crippen LogP contribution in [0, 0.1) is 0 Å². The third-order valence-corrected chi connectivity index (χ3v) is 6.39. The first kappa shape index (κ1) is 19.9. The fraction of sp³-hybridized carbons (Fsp3) is 0.304. The van der Waals surface area contributed by atoms with Crippen molar-refractivity contribution < 1.29 is 19.1 Å². The number of anilines is 1. The second-order valence-electron chi connectivity index (χ2n) is 7.82. The molecule has 0 aliphatic carbocycles. The van der Waals surface area contributed by atoms with Crippen LogP contribution in [0.5, 0.6) is 11.5 Å². The molecule has 1 saturated heterocycles. The number of nitrogens with one attached hydrogen (secondary N) is 1. The number of fused-ring (bicyclic) bond motifs is 3. The van der Waals surface area contributed by atoms with Crippen molar-refractivity contribution in [3.63, 3.8) is 0 Å². The van der Waals surface area contributed by atoms with E-state index in [1.165, 1.54) is 17.6 Å². The molecule has 2 aliphatic rings. The number of carbonyl (C=O) groups is 2. The first-order valence-electron chi connectivity index (χ1n) is 10.1. The van der Waals surface area contributed by atoms with Crippen molar-refractivity contribution in [1.82, 2.24) is 9.88 Å². The van der Waals surface area contributed by atoms with Gasteiger partial charge in [-0.3, -0.25) is 14.5 Å². The molecule has 160 valence electrons. The summed E-state index contributed by atoms with van der Waals surface area (Å²) in [5.74, 6) is 0.567. The summed E-state index contributed by atoms with van der Waals surface area (Å²) >= 11 is 6.17. The summed E-state index contributed by atoms with van der Waals surface area (Å²) in [6.07, 6.45) is 0.939. The third kappa shape index (κ3) is 3.25. The van der Waals surface area contributed by atoms with Crippen LogP contribution in [-0.2, 0) is 22.6 Å². The maximum absolute atomic E-state index is 13.3. The predicted octanol–water partition coefficient (Wildman–Crippen LogP) is 3.53. The van der Waals surface area contributed by atoms with Crippen molar-refractivity contribution in [2.75, 3.05) is 25.7 Å². The highest BCUT2D eigenvalue weighted by molar-refractivity contribution is 6.31. The highest BCUT2D eigenvalue weighted by Gasteiger charge is 2.44. The first-order valence-corrected chi connectivity index (χ1v) is 10.5. The zero-order chi connectivity index (χ0) is 21.7. The van der Waals surface area contributed by atoms with E-state index in [1.54, 1.807) is 25.3 Å². The topological polar surface area (TPSA) is 74.9 Å². The Labute approximate surface area is 184 Å². The Bertz CT molecular complexity index is 1200. The molecule has 2 aliphatic heterocycles. The quantitative estimate of drug-likeness (QED) is 0.629. The van der Waals surface area contributed by atoms with Gasteiger partial charge in [-0.2, -0.15) is 0 Å². The first-order chi connectivity index (χ1) is 15.0. The number of halogens is 1. The lowest BCUT2D eigenvalue weighted by molar-refractivity contribution is -0.123. The van der Waals surface area contributed by atoms with Gasteiger partial charge in [0.05, 0.1) is 32.4 Å². The highest BCUT2D eigenvalue weighted by atomic mass is 35.5. The molecule has 2 aromatic carbocycles. The number of carbonyl (C=O) groups excluding carboxylic acids is 2. The largest absolute Gasteiger partial charge is 0.497 e. The molecular weight excluding hydrogens is 418 g/mol. The number of benzene rings is 2. The van der Waals surface area contributed by atoms with Crippen molar-refractivity contribution in [2.45, 2.75) is 25.4 Å². The van der Waals surface area contributed by atoms with Crippen LogP contribution in [0.25, 0.3) is 10.9 Å². The molecule has 1 aromatic heterocycles. The molecule has 0 bridgehead atoms. The molecule has 1 N–H and O–H groups in total. The number of hydrogen-bond acceptors (Lipinski definition) is 5. The van der Waals surface area contributed by atoms with Gasteiger partial charge in [0.15, 0.2) is 0 Å². The second kappa shape index (κ2) is 7.59. The van der Waals surface area contributed by atoms with E-state index in [9.17, 15) is 9.59 Å². The number of rotatable bonds is 4. The standard InChI is InChI=1S/C23H22ClN3O4/c1-30-14-4-6-19(21(10-14)31-2)27-22(28)11-20(23(27)29)26-8-7-15-16-9-13(24)3-5-17(16)25-18(15)12-26/h3-6,9-10,20,25H,7-8,11-12H2,1-2H3/t20-/m1/s1. The molecule has 8 heteroatoms. The fourth-order valence-corrected chi connectivity index (χ4v) is 4.80. The molecule has 3 aromatic rings. The van der Waals surface area contributed by atoms with E-state index in [0.717, 1.165) is 23.0 Å². The summed E-state index contributed by atoms with van der Waals surface area (Å²) in [6.45, 7) is 1.28. The molecule has 2 amide bonds. The minimum absolute atomic E-state index is 0.148. The van der Waals surface area contributed by atoms with Crippen LogP contribution in [0.4, 0.5) is 5.69 Å². The lowest BCUT2D eigenvalue weighted by Gasteiger charge is -2.31. The van der Waals surface area contributed by atoms with E-state index in [2.05, 4.69) is 9.88 Å². The monoisotopic (exact) mass is 439 g/mol. The summed E-state index contributed by atoms with van der Waals surface area (Å²) in [6, 6.07) is 10.4. The number of nitrogens with zero attached hydrogens (tertiary/aromatic N) is 2. The number of methoxy groups -OCH3 is 2. The maximum Gasteiger partial charge on any atom is 0.251 e. The maximum atomic E-state index is 13.3. The van der Waals surface area contributed by atoms with E-state index in [-0.39, 0.29) is 18.2 Å². The van der Waals surface area contributed by atoms with Crippen LogP contribution in [0.15, 0.2) is 36.4 Å². The number of imide groups is 1. The zero-order valence-corrected chi connectivity index (χ0v) is 18.0. The molecular formula is C23H22ClN3O4. The van der Waals surface area contributed by atoms with Gasteiger partial charge in [-0.15, -0.1) is 0 Å². The van der Waals surface area contributed by atoms with E-state index >= 15 is 0 Å². The average molecular weight is 440 g/mol. The van der Waals surface area contributed by atoms with Gasteiger partial charge in [-0.25, -0.2) is 4.90 Å². The molecule has 1 fully saturated rings. The van der Waals surface area contributed by atoms with Crippen LogP contribution in [0.2, 0.25) is 5.02 Å². The van der Waals surface area contributed by atoms with E-state index in [4.69, 9.17) is 21.1 Å². The molecule has 31 heavy (non-hydrogen) atoms. The smallest absolute Gasteiger partial charge is 0.251 e. The number of ether oxygens (including phenoxy) is 2. The molecule has 1 atom stereocenters. The summed E-state index contributed by atoms with van der Waals surface area (Å²) in [5.41, 5.74) is 3.79.